The highest BCUT2D eigenvalue weighted by molar-refractivity contribution is 5.32. The van der Waals surface area contributed by atoms with Crippen LogP contribution in [0.15, 0.2) is 24.5 Å². The molecule has 0 saturated carbocycles. The van der Waals surface area contributed by atoms with Gasteiger partial charge in [0.15, 0.2) is 5.75 Å². The number of halogens is 1. The normalized spacial score (nSPS) is 12.5. The summed E-state index contributed by atoms with van der Waals surface area (Å²) in [5, 5.41) is 14.1. The summed E-state index contributed by atoms with van der Waals surface area (Å²) < 4.78 is 20.0. The number of hydrogen-bond donors (Lipinski definition) is 1. The van der Waals surface area contributed by atoms with Crippen LogP contribution in [0.2, 0.25) is 0 Å². The lowest BCUT2D eigenvalue weighted by atomic mass is 10.1. The Labute approximate surface area is 97.5 Å². The molecule has 17 heavy (non-hydrogen) atoms. The number of pyridine rings is 1. The van der Waals surface area contributed by atoms with Crippen LogP contribution < -0.4 is 4.74 Å². The number of aliphatic hydroxyl groups is 1. The monoisotopic (exact) mass is 237 g/mol. The summed E-state index contributed by atoms with van der Waals surface area (Å²) in [5.41, 5.74) is 0.319. The minimum absolute atomic E-state index is 0.0469. The minimum atomic E-state index is -1.21. The first-order valence-corrected chi connectivity index (χ1v) is 4.99. The molecule has 6 heteroatoms. The third-order valence-electron chi connectivity index (χ3n) is 2.47. The van der Waals surface area contributed by atoms with E-state index < -0.39 is 11.9 Å². The Morgan fingerprint density at radius 2 is 2.29 bits per heavy atom. The molecule has 90 valence electrons. The first-order valence-electron chi connectivity index (χ1n) is 4.99. The van der Waals surface area contributed by atoms with Crippen LogP contribution in [0.5, 0.6) is 5.75 Å². The molecule has 1 N–H and O–H groups in total. The van der Waals surface area contributed by atoms with Crippen LogP contribution in [0.1, 0.15) is 17.5 Å². The van der Waals surface area contributed by atoms with Gasteiger partial charge in [-0.2, -0.15) is 5.10 Å². The van der Waals surface area contributed by atoms with Crippen LogP contribution in [0.25, 0.3) is 0 Å². The summed E-state index contributed by atoms with van der Waals surface area (Å²) in [4.78, 5) is 3.83. The minimum Gasteiger partial charge on any atom is -0.493 e. The molecule has 0 aliphatic heterocycles. The first kappa shape index (κ1) is 11.5. The van der Waals surface area contributed by atoms with Gasteiger partial charge in [-0.3, -0.25) is 9.67 Å². The van der Waals surface area contributed by atoms with E-state index >= 15 is 0 Å². The molecule has 2 aromatic rings. The Kier molecular flexibility index (Phi) is 3.06. The average Bonchev–Trinajstić information content (AvgIpc) is 2.70. The van der Waals surface area contributed by atoms with Crippen molar-refractivity contribution >= 4 is 0 Å². The first-order chi connectivity index (χ1) is 8.15. The maximum absolute atomic E-state index is 13.5. The van der Waals surface area contributed by atoms with Crippen LogP contribution in [-0.2, 0) is 7.05 Å². The van der Waals surface area contributed by atoms with Crippen molar-refractivity contribution in [1.82, 2.24) is 14.8 Å². The van der Waals surface area contributed by atoms with E-state index in [9.17, 15) is 9.50 Å². The van der Waals surface area contributed by atoms with Gasteiger partial charge in [0, 0.05) is 13.2 Å². The fraction of sp³-hybridized carbons (Fsp3) is 0.273. The zero-order chi connectivity index (χ0) is 12.4. The number of aliphatic hydroxyl groups excluding tert-OH is 1. The molecule has 0 aromatic carbocycles. The molecule has 1 unspecified atom stereocenters. The molecule has 0 spiro atoms. The summed E-state index contributed by atoms with van der Waals surface area (Å²) in [6.45, 7) is 0. The van der Waals surface area contributed by atoms with Crippen LogP contribution in [0.4, 0.5) is 4.39 Å². The van der Waals surface area contributed by atoms with E-state index in [0.717, 1.165) is 0 Å². The van der Waals surface area contributed by atoms with E-state index in [0.29, 0.717) is 11.4 Å². The molecular weight excluding hydrogens is 225 g/mol. The van der Waals surface area contributed by atoms with E-state index in [4.69, 9.17) is 4.74 Å². The van der Waals surface area contributed by atoms with Crippen molar-refractivity contribution in [2.75, 3.05) is 7.11 Å². The molecule has 1 atom stereocenters. The second kappa shape index (κ2) is 4.50. The molecule has 0 bridgehead atoms. The maximum Gasteiger partial charge on any atom is 0.163 e. The van der Waals surface area contributed by atoms with Crippen molar-refractivity contribution in [1.29, 1.82) is 0 Å². The van der Waals surface area contributed by atoms with Gasteiger partial charge in [0.2, 0.25) is 0 Å². The number of ether oxygens (including phenoxy) is 1. The number of aromatic nitrogens is 3. The summed E-state index contributed by atoms with van der Waals surface area (Å²) in [6.07, 6.45) is 1.67. The Morgan fingerprint density at radius 1 is 1.53 bits per heavy atom. The lowest BCUT2D eigenvalue weighted by Gasteiger charge is -2.12. The van der Waals surface area contributed by atoms with Gasteiger partial charge in [0.1, 0.15) is 23.3 Å². The topological polar surface area (TPSA) is 60.2 Å². The quantitative estimate of drug-likeness (QED) is 0.866. The maximum atomic E-state index is 13.5. The van der Waals surface area contributed by atoms with Crippen LogP contribution in [-0.4, -0.2) is 27.0 Å². The van der Waals surface area contributed by atoms with Gasteiger partial charge in [0.25, 0.3) is 0 Å². The SMILES string of the molecule is COc1cnn(C)c1C(O)c1ncccc1F. The highest BCUT2D eigenvalue weighted by Gasteiger charge is 2.23. The van der Waals surface area contributed by atoms with Crippen molar-refractivity contribution in [3.8, 4) is 5.75 Å². The van der Waals surface area contributed by atoms with Crippen LogP contribution in [0, 0.1) is 5.82 Å². The van der Waals surface area contributed by atoms with E-state index in [1.54, 1.807) is 7.05 Å². The summed E-state index contributed by atoms with van der Waals surface area (Å²) in [5.74, 6) is -0.173. The van der Waals surface area contributed by atoms with Gasteiger partial charge >= 0.3 is 0 Å². The fourth-order valence-electron chi connectivity index (χ4n) is 1.62. The fourth-order valence-corrected chi connectivity index (χ4v) is 1.62. The van der Waals surface area contributed by atoms with Gasteiger partial charge in [-0.25, -0.2) is 4.39 Å². The van der Waals surface area contributed by atoms with Crippen LogP contribution in [0.3, 0.4) is 0 Å². The van der Waals surface area contributed by atoms with Crippen molar-refractivity contribution < 1.29 is 14.2 Å². The molecular formula is C11H12FN3O2. The second-order valence-corrected chi connectivity index (χ2v) is 3.49. The third-order valence-corrected chi connectivity index (χ3v) is 2.47. The zero-order valence-electron chi connectivity index (χ0n) is 9.46. The van der Waals surface area contributed by atoms with Crippen molar-refractivity contribution in [2.24, 2.45) is 7.05 Å². The highest BCUT2D eigenvalue weighted by Crippen LogP contribution is 2.29. The Bertz CT molecular complexity index is 527. The van der Waals surface area contributed by atoms with E-state index in [1.807, 2.05) is 0 Å². The van der Waals surface area contributed by atoms with Crippen LogP contribution >= 0.6 is 0 Å². The van der Waals surface area contributed by atoms with Crippen molar-refractivity contribution in [3.05, 3.63) is 41.7 Å². The van der Waals surface area contributed by atoms with Crippen molar-refractivity contribution in [2.45, 2.75) is 6.10 Å². The smallest absolute Gasteiger partial charge is 0.163 e. The second-order valence-electron chi connectivity index (χ2n) is 3.49. The number of nitrogens with zero attached hydrogens (tertiary/aromatic N) is 3. The lowest BCUT2D eigenvalue weighted by Crippen LogP contribution is -2.11. The zero-order valence-corrected chi connectivity index (χ0v) is 9.46. The average molecular weight is 237 g/mol. The lowest BCUT2D eigenvalue weighted by molar-refractivity contribution is 0.194. The van der Waals surface area contributed by atoms with E-state index in [1.165, 1.54) is 36.3 Å². The van der Waals surface area contributed by atoms with Crippen molar-refractivity contribution in [3.63, 3.8) is 0 Å². The number of aryl methyl sites for hydroxylation is 1. The molecule has 2 heterocycles. The highest BCUT2D eigenvalue weighted by atomic mass is 19.1. The summed E-state index contributed by atoms with van der Waals surface area (Å²) >= 11 is 0. The van der Waals surface area contributed by atoms with E-state index in [-0.39, 0.29) is 5.69 Å². The summed E-state index contributed by atoms with van der Waals surface area (Å²) in [7, 11) is 3.10. The molecule has 0 radical (unpaired) electrons. The number of methoxy groups -OCH3 is 1. The standard InChI is InChI=1S/C11H12FN3O2/c1-15-10(8(17-2)6-14-15)11(16)9-7(12)4-3-5-13-9/h3-6,11,16H,1-2H3. The summed E-state index contributed by atoms with van der Waals surface area (Å²) in [6, 6.07) is 2.71. The molecule has 0 aliphatic rings. The Balaban J connectivity index is 2.47. The van der Waals surface area contributed by atoms with Gasteiger partial charge in [-0.05, 0) is 12.1 Å². The van der Waals surface area contributed by atoms with Gasteiger partial charge in [-0.1, -0.05) is 0 Å². The Hall–Kier alpha value is -1.95. The van der Waals surface area contributed by atoms with Gasteiger partial charge < -0.3 is 9.84 Å². The molecule has 5 nitrogen and oxygen atoms in total. The molecule has 0 saturated heterocycles. The largest absolute Gasteiger partial charge is 0.493 e. The predicted molar refractivity (Wildman–Crippen MR) is 58.0 cm³/mol. The third kappa shape index (κ3) is 1.99. The van der Waals surface area contributed by atoms with Gasteiger partial charge in [0.05, 0.1) is 13.3 Å². The van der Waals surface area contributed by atoms with Gasteiger partial charge in [-0.15, -0.1) is 0 Å². The molecule has 0 fully saturated rings. The Morgan fingerprint density at radius 3 is 2.94 bits per heavy atom. The number of rotatable bonds is 3. The molecule has 2 rings (SSSR count). The predicted octanol–water partition coefficient (Wildman–Crippen LogP) is 1.04. The molecule has 2 aromatic heterocycles. The van der Waals surface area contributed by atoms with E-state index in [2.05, 4.69) is 10.1 Å². The molecule has 0 amide bonds. The molecule has 0 aliphatic carbocycles. The number of hydrogen-bond acceptors (Lipinski definition) is 4.